The summed E-state index contributed by atoms with van der Waals surface area (Å²) in [6, 6.07) is 5.68. The predicted octanol–water partition coefficient (Wildman–Crippen LogP) is 0.600. The number of phenols is 1. The minimum atomic E-state index is -0.596. The Hall–Kier alpha value is -2.30. The van der Waals surface area contributed by atoms with E-state index < -0.39 is 11.9 Å². The van der Waals surface area contributed by atoms with Crippen molar-refractivity contribution in [2.24, 2.45) is 0 Å². The van der Waals surface area contributed by atoms with Gasteiger partial charge < -0.3 is 15.2 Å². The first-order chi connectivity index (χ1) is 7.61. The first-order valence-corrected chi connectivity index (χ1v) is 4.52. The van der Waals surface area contributed by atoms with E-state index in [1.807, 2.05) is 0 Å². The fourth-order valence-corrected chi connectivity index (χ4v) is 0.913. The number of nitrogens with one attached hydrogen (secondary N) is 1. The van der Waals surface area contributed by atoms with Crippen LogP contribution >= 0.6 is 0 Å². The number of carbonyl (C=O) groups excluding carboxylic acids is 2. The van der Waals surface area contributed by atoms with Gasteiger partial charge in [-0.25, -0.2) is 4.79 Å². The van der Waals surface area contributed by atoms with Gasteiger partial charge in [0.25, 0.3) is 0 Å². The number of phenolic OH excluding ortho intramolecular Hbond substituents is 1. The Kier molecular flexibility index (Phi) is 4.08. The number of hydrogen-bond acceptors (Lipinski definition) is 4. The molecule has 0 radical (unpaired) electrons. The zero-order valence-electron chi connectivity index (χ0n) is 8.47. The van der Waals surface area contributed by atoms with Crippen molar-refractivity contribution >= 4 is 11.9 Å². The highest BCUT2D eigenvalue weighted by molar-refractivity contribution is 5.89. The quantitative estimate of drug-likeness (QED) is 0.443. The Bertz CT molecular complexity index is 397. The van der Waals surface area contributed by atoms with Crippen molar-refractivity contribution in [3.8, 4) is 11.5 Å². The number of rotatable bonds is 4. The number of hydrogen-bond donors (Lipinski definition) is 2. The smallest absolute Gasteiger partial charge is 0.330 e. The third kappa shape index (κ3) is 3.83. The number of esters is 1. The summed E-state index contributed by atoms with van der Waals surface area (Å²) in [5.41, 5.74) is 0. The standard InChI is InChI=1S/C11H11NO4/c1-2-10(14)12-7-11(15)16-9-5-3-8(13)4-6-9/h2-6,13H,1,7H2,(H,12,14). The van der Waals surface area contributed by atoms with Crippen LogP contribution in [0.3, 0.4) is 0 Å². The summed E-state index contributed by atoms with van der Waals surface area (Å²) in [5.74, 6) is -0.654. The Balaban J connectivity index is 2.42. The number of amides is 1. The van der Waals surface area contributed by atoms with Gasteiger partial charge in [0, 0.05) is 0 Å². The van der Waals surface area contributed by atoms with Gasteiger partial charge in [0.05, 0.1) is 0 Å². The van der Waals surface area contributed by atoms with Crippen molar-refractivity contribution in [3.05, 3.63) is 36.9 Å². The Morgan fingerprint density at radius 3 is 2.56 bits per heavy atom. The minimum Gasteiger partial charge on any atom is -0.508 e. The molecule has 5 heteroatoms. The van der Waals surface area contributed by atoms with Crippen LogP contribution in [0.15, 0.2) is 36.9 Å². The van der Waals surface area contributed by atoms with Crippen LogP contribution in [-0.4, -0.2) is 23.5 Å². The predicted molar refractivity (Wildman–Crippen MR) is 56.9 cm³/mol. The van der Waals surface area contributed by atoms with Crippen molar-refractivity contribution in [2.75, 3.05) is 6.54 Å². The summed E-state index contributed by atoms with van der Waals surface area (Å²) in [7, 11) is 0. The van der Waals surface area contributed by atoms with Crippen LogP contribution in [0.1, 0.15) is 0 Å². The lowest BCUT2D eigenvalue weighted by Crippen LogP contribution is -2.30. The van der Waals surface area contributed by atoms with Gasteiger partial charge in [0.2, 0.25) is 5.91 Å². The van der Waals surface area contributed by atoms with E-state index in [1.165, 1.54) is 24.3 Å². The second-order valence-corrected chi connectivity index (χ2v) is 2.89. The molecule has 0 aliphatic rings. The van der Waals surface area contributed by atoms with Gasteiger partial charge >= 0.3 is 5.97 Å². The molecule has 0 aromatic heterocycles. The molecule has 1 rings (SSSR count). The van der Waals surface area contributed by atoms with Crippen LogP contribution in [0.2, 0.25) is 0 Å². The zero-order valence-corrected chi connectivity index (χ0v) is 8.47. The molecule has 0 spiro atoms. The summed E-state index contributed by atoms with van der Waals surface area (Å²) in [6.07, 6.45) is 1.06. The molecule has 0 aliphatic carbocycles. The first-order valence-electron chi connectivity index (χ1n) is 4.52. The Morgan fingerprint density at radius 1 is 1.38 bits per heavy atom. The molecule has 1 aromatic rings. The number of aromatic hydroxyl groups is 1. The van der Waals surface area contributed by atoms with E-state index in [1.54, 1.807) is 0 Å². The van der Waals surface area contributed by atoms with Crippen molar-refractivity contribution in [1.29, 1.82) is 0 Å². The van der Waals surface area contributed by atoms with Crippen LogP contribution in [0.5, 0.6) is 11.5 Å². The fourth-order valence-electron chi connectivity index (χ4n) is 0.913. The molecule has 5 nitrogen and oxygen atoms in total. The molecule has 84 valence electrons. The van der Waals surface area contributed by atoms with Crippen molar-refractivity contribution < 1.29 is 19.4 Å². The van der Waals surface area contributed by atoms with Gasteiger partial charge in [-0.15, -0.1) is 0 Å². The topological polar surface area (TPSA) is 75.6 Å². The largest absolute Gasteiger partial charge is 0.508 e. The molecule has 0 unspecified atom stereocenters. The van der Waals surface area contributed by atoms with E-state index in [9.17, 15) is 9.59 Å². The van der Waals surface area contributed by atoms with Crippen LogP contribution in [0.4, 0.5) is 0 Å². The van der Waals surface area contributed by atoms with Gasteiger partial charge in [-0.3, -0.25) is 4.79 Å². The monoisotopic (exact) mass is 221 g/mol. The molecular formula is C11H11NO4. The van der Waals surface area contributed by atoms with Crippen molar-refractivity contribution in [1.82, 2.24) is 5.32 Å². The molecule has 0 bridgehead atoms. The lowest BCUT2D eigenvalue weighted by Gasteiger charge is -2.04. The van der Waals surface area contributed by atoms with Gasteiger partial charge in [-0.1, -0.05) is 6.58 Å². The summed E-state index contributed by atoms with van der Waals surface area (Å²) in [6.45, 7) is 3.01. The lowest BCUT2D eigenvalue weighted by molar-refractivity contribution is -0.134. The van der Waals surface area contributed by atoms with E-state index in [0.29, 0.717) is 5.75 Å². The molecule has 0 saturated carbocycles. The Morgan fingerprint density at radius 2 is 2.00 bits per heavy atom. The SMILES string of the molecule is C=CC(=O)NCC(=O)Oc1ccc(O)cc1. The molecule has 1 aromatic carbocycles. The molecule has 0 atom stereocenters. The average molecular weight is 221 g/mol. The van der Waals surface area contributed by atoms with Gasteiger partial charge in [-0.2, -0.15) is 0 Å². The molecule has 0 aliphatic heterocycles. The number of benzene rings is 1. The van der Waals surface area contributed by atoms with Crippen LogP contribution in [0.25, 0.3) is 0 Å². The van der Waals surface area contributed by atoms with Crippen molar-refractivity contribution in [2.45, 2.75) is 0 Å². The highest BCUT2D eigenvalue weighted by Crippen LogP contribution is 2.15. The zero-order chi connectivity index (χ0) is 12.0. The summed E-state index contributed by atoms with van der Waals surface area (Å²) >= 11 is 0. The minimum absolute atomic E-state index is 0.0831. The normalized spacial score (nSPS) is 9.25. The van der Waals surface area contributed by atoms with Crippen LogP contribution in [-0.2, 0) is 9.59 Å². The van der Waals surface area contributed by atoms with E-state index in [2.05, 4.69) is 11.9 Å². The van der Waals surface area contributed by atoms with E-state index in [0.717, 1.165) is 6.08 Å². The molecule has 16 heavy (non-hydrogen) atoms. The van der Waals surface area contributed by atoms with E-state index in [4.69, 9.17) is 9.84 Å². The molecule has 0 heterocycles. The third-order valence-corrected chi connectivity index (χ3v) is 1.66. The maximum atomic E-state index is 11.2. The maximum absolute atomic E-state index is 11.2. The maximum Gasteiger partial charge on any atom is 0.330 e. The van der Waals surface area contributed by atoms with Crippen LogP contribution in [0, 0.1) is 0 Å². The van der Waals surface area contributed by atoms with Crippen molar-refractivity contribution in [3.63, 3.8) is 0 Å². The lowest BCUT2D eigenvalue weighted by atomic mass is 10.3. The first kappa shape index (κ1) is 11.8. The Labute approximate surface area is 92.3 Å². The molecule has 0 fully saturated rings. The van der Waals surface area contributed by atoms with Gasteiger partial charge in [-0.05, 0) is 30.3 Å². The molecule has 2 N–H and O–H groups in total. The third-order valence-electron chi connectivity index (χ3n) is 1.66. The molecule has 0 saturated heterocycles. The second kappa shape index (κ2) is 5.55. The average Bonchev–Trinajstić information content (AvgIpc) is 2.29. The molecular weight excluding hydrogens is 210 g/mol. The highest BCUT2D eigenvalue weighted by atomic mass is 16.5. The number of carbonyl (C=O) groups is 2. The van der Waals surface area contributed by atoms with E-state index in [-0.39, 0.29) is 12.3 Å². The van der Waals surface area contributed by atoms with E-state index >= 15 is 0 Å². The summed E-state index contributed by atoms with van der Waals surface area (Å²) in [5, 5.41) is 11.3. The highest BCUT2D eigenvalue weighted by Gasteiger charge is 2.05. The van der Waals surface area contributed by atoms with Gasteiger partial charge in [0.1, 0.15) is 18.0 Å². The summed E-state index contributed by atoms with van der Waals surface area (Å²) < 4.78 is 4.87. The van der Waals surface area contributed by atoms with Crippen LogP contribution < -0.4 is 10.1 Å². The second-order valence-electron chi connectivity index (χ2n) is 2.89. The summed E-state index contributed by atoms with van der Waals surface area (Å²) in [4.78, 5) is 21.9. The number of ether oxygens (including phenoxy) is 1. The fraction of sp³-hybridized carbons (Fsp3) is 0.0909. The molecule has 1 amide bonds. The van der Waals surface area contributed by atoms with Gasteiger partial charge in [0.15, 0.2) is 0 Å².